The topological polar surface area (TPSA) is 38.0 Å². The third-order valence-electron chi connectivity index (χ3n) is 3.11. The van der Waals surface area contributed by atoms with Crippen molar-refractivity contribution in [2.24, 2.45) is 5.84 Å². The Balaban J connectivity index is 2.07. The molecule has 2 aromatic carbocycles. The van der Waals surface area contributed by atoms with Crippen LogP contribution in [0, 0.1) is 5.82 Å². The number of hydrogen-bond acceptors (Lipinski definition) is 2. The minimum Gasteiger partial charge on any atom is -0.271 e. The Bertz CT molecular complexity index is 573. The maximum Gasteiger partial charge on any atom is 0.123 e. The normalized spacial score (nSPS) is 12.4. The maximum absolute atomic E-state index is 12.9. The van der Waals surface area contributed by atoms with Crippen molar-refractivity contribution < 1.29 is 4.39 Å². The molecule has 0 saturated heterocycles. The molecule has 2 rings (SSSR count). The summed E-state index contributed by atoms with van der Waals surface area (Å²) in [5.41, 5.74) is 4.76. The fraction of sp³-hybridized carbons (Fsp3) is 0.200. The molecule has 0 spiro atoms. The Hall–Kier alpha value is -1.13. The highest BCUT2D eigenvalue weighted by molar-refractivity contribution is 6.35. The molecule has 2 nitrogen and oxygen atoms in total. The first-order valence-corrected chi connectivity index (χ1v) is 6.98. The predicted molar refractivity (Wildman–Crippen MR) is 81.4 cm³/mol. The van der Waals surface area contributed by atoms with E-state index in [1.165, 1.54) is 12.1 Å². The van der Waals surface area contributed by atoms with Crippen molar-refractivity contribution in [1.82, 2.24) is 5.43 Å². The fourth-order valence-electron chi connectivity index (χ4n) is 2.05. The van der Waals surface area contributed by atoms with Gasteiger partial charge in [0.2, 0.25) is 0 Å². The minimum absolute atomic E-state index is 0.0131. The fourth-order valence-corrected chi connectivity index (χ4v) is 2.53. The molecule has 1 unspecified atom stereocenters. The van der Waals surface area contributed by atoms with E-state index in [9.17, 15) is 4.39 Å². The molecule has 0 saturated carbocycles. The van der Waals surface area contributed by atoms with Crippen LogP contribution in [0.5, 0.6) is 0 Å². The van der Waals surface area contributed by atoms with Crippen molar-refractivity contribution in [1.29, 1.82) is 0 Å². The van der Waals surface area contributed by atoms with E-state index in [-0.39, 0.29) is 11.9 Å². The molecule has 0 radical (unpaired) electrons. The van der Waals surface area contributed by atoms with Gasteiger partial charge in [-0.15, -0.1) is 0 Å². The zero-order valence-electron chi connectivity index (χ0n) is 10.7. The average Bonchev–Trinajstić information content (AvgIpc) is 2.43. The van der Waals surface area contributed by atoms with Crippen LogP contribution in [0.1, 0.15) is 11.1 Å². The molecular formula is C15H15Cl2FN2. The first-order valence-electron chi connectivity index (χ1n) is 6.23. The van der Waals surface area contributed by atoms with Gasteiger partial charge in [0.05, 0.1) is 0 Å². The van der Waals surface area contributed by atoms with Gasteiger partial charge in [-0.2, -0.15) is 0 Å². The zero-order chi connectivity index (χ0) is 14.5. The number of benzene rings is 2. The lowest BCUT2D eigenvalue weighted by molar-refractivity contribution is 0.522. The molecule has 0 aliphatic rings. The Kier molecular flexibility index (Phi) is 5.38. The van der Waals surface area contributed by atoms with Gasteiger partial charge in [-0.3, -0.25) is 11.3 Å². The first kappa shape index (κ1) is 15.3. The van der Waals surface area contributed by atoms with Gasteiger partial charge in [-0.25, -0.2) is 4.39 Å². The number of hydrogen-bond donors (Lipinski definition) is 2. The summed E-state index contributed by atoms with van der Waals surface area (Å²) in [5.74, 6) is 5.34. The number of hydrazine groups is 1. The second kappa shape index (κ2) is 7.04. The number of halogens is 3. The largest absolute Gasteiger partial charge is 0.271 e. The molecule has 0 amide bonds. The summed E-state index contributed by atoms with van der Waals surface area (Å²) in [6, 6.07) is 11.8. The van der Waals surface area contributed by atoms with E-state index >= 15 is 0 Å². The van der Waals surface area contributed by atoms with Crippen LogP contribution in [0.4, 0.5) is 4.39 Å². The first-order chi connectivity index (χ1) is 9.58. The molecule has 0 heterocycles. The molecule has 106 valence electrons. The quantitative estimate of drug-likeness (QED) is 0.652. The summed E-state index contributed by atoms with van der Waals surface area (Å²) in [6.07, 6.45) is 1.36. The Labute approximate surface area is 127 Å². The summed E-state index contributed by atoms with van der Waals surface area (Å²) < 4.78 is 12.9. The predicted octanol–water partition coefficient (Wildman–Crippen LogP) is 3.75. The number of nitrogens with one attached hydrogen (secondary N) is 1. The van der Waals surface area contributed by atoms with Gasteiger partial charge in [0.1, 0.15) is 5.82 Å². The van der Waals surface area contributed by atoms with Crippen LogP contribution in [0.3, 0.4) is 0 Å². The molecule has 0 fully saturated rings. The Morgan fingerprint density at radius 3 is 2.35 bits per heavy atom. The van der Waals surface area contributed by atoms with Gasteiger partial charge >= 0.3 is 0 Å². The molecule has 0 aliphatic heterocycles. The summed E-state index contributed by atoms with van der Waals surface area (Å²) in [4.78, 5) is 0. The lowest BCUT2D eigenvalue weighted by Gasteiger charge is -2.17. The van der Waals surface area contributed by atoms with Crippen LogP contribution in [0.15, 0.2) is 42.5 Å². The van der Waals surface area contributed by atoms with E-state index in [0.717, 1.165) is 11.1 Å². The molecular weight excluding hydrogens is 298 g/mol. The molecule has 0 aliphatic carbocycles. The molecule has 5 heteroatoms. The highest BCUT2D eigenvalue weighted by atomic mass is 35.5. The van der Waals surface area contributed by atoms with Crippen molar-refractivity contribution in [3.63, 3.8) is 0 Å². The van der Waals surface area contributed by atoms with E-state index in [1.54, 1.807) is 24.3 Å². The van der Waals surface area contributed by atoms with Gasteiger partial charge in [-0.05, 0) is 48.2 Å². The van der Waals surface area contributed by atoms with E-state index in [0.29, 0.717) is 22.9 Å². The summed E-state index contributed by atoms with van der Waals surface area (Å²) in [6.45, 7) is 0. The van der Waals surface area contributed by atoms with Gasteiger partial charge < -0.3 is 0 Å². The maximum atomic E-state index is 12.9. The van der Waals surface area contributed by atoms with Gasteiger partial charge in [0, 0.05) is 16.1 Å². The lowest BCUT2D eigenvalue weighted by atomic mass is 9.99. The van der Waals surface area contributed by atoms with Gasteiger partial charge in [0.15, 0.2) is 0 Å². The third kappa shape index (κ3) is 4.18. The van der Waals surface area contributed by atoms with Crippen molar-refractivity contribution >= 4 is 23.2 Å². The zero-order valence-corrected chi connectivity index (χ0v) is 12.3. The van der Waals surface area contributed by atoms with E-state index in [2.05, 4.69) is 5.43 Å². The van der Waals surface area contributed by atoms with Crippen molar-refractivity contribution in [2.75, 3.05) is 0 Å². The standard InChI is InChI=1S/C15H15Cl2FN2/c16-12-4-3-11(15(17)9-12)8-14(20-19)7-10-1-5-13(18)6-2-10/h1-6,9,14,20H,7-8,19H2. The molecule has 20 heavy (non-hydrogen) atoms. The van der Waals surface area contributed by atoms with Crippen LogP contribution in [0.2, 0.25) is 10.0 Å². The van der Waals surface area contributed by atoms with Crippen molar-refractivity contribution in [2.45, 2.75) is 18.9 Å². The second-order valence-electron chi connectivity index (χ2n) is 4.63. The average molecular weight is 313 g/mol. The second-order valence-corrected chi connectivity index (χ2v) is 5.48. The number of nitrogens with two attached hydrogens (primary N) is 1. The third-order valence-corrected chi connectivity index (χ3v) is 3.70. The monoisotopic (exact) mass is 312 g/mol. The minimum atomic E-state index is -0.244. The summed E-state index contributed by atoms with van der Waals surface area (Å²) in [5, 5.41) is 1.23. The highest BCUT2D eigenvalue weighted by Gasteiger charge is 2.11. The molecule has 0 aromatic heterocycles. The highest BCUT2D eigenvalue weighted by Crippen LogP contribution is 2.22. The molecule has 1 atom stereocenters. The van der Waals surface area contributed by atoms with Crippen molar-refractivity contribution in [3.05, 3.63) is 69.5 Å². The van der Waals surface area contributed by atoms with Crippen LogP contribution in [0.25, 0.3) is 0 Å². The van der Waals surface area contributed by atoms with Crippen molar-refractivity contribution in [3.8, 4) is 0 Å². The van der Waals surface area contributed by atoms with E-state index in [4.69, 9.17) is 29.0 Å². The van der Waals surface area contributed by atoms with Crippen LogP contribution in [-0.4, -0.2) is 6.04 Å². The molecule has 2 aromatic rings. The Morgan fingerprint density at radius 1 is 1.05 bits per heavy atom. The smallest absolute Gasteiger partial charge is 0.123 e. The van der Waals surface area contributed by atoms with E-state index in [1.807, 2.05) is 6.07 Å². The van der Waals surface area contributed by atoms with Gasteiger partial charge in [0.25, 0.3) is 0 Å². The van der Waals surface area contributed by atoms with Gasteiger partial charge in [-0.1, -0.05) is 41.4 Å². The lowest BCUT2D eigenvalue weighted by Crippen LogP contribution is -2.38. The van der Waals surface area contributed by atoms with Crippen LogP contribution >= 0.6 is 23.2 Å². The SMILES string of the molecule is NNC(Cc1ccc(F)cc1)Cc1ccc(Cl)cc1Cl. The Morgan fingerprint density at radius 2 is 1.75 bits per heavy atom. The van der Waals surface area contributed by atoms with Crippen LogP contribution < -0.4 is 11.3 Å². The van der Waals surface area contributed by atoms with E-state index < -0.39 is 0 Å². The molecule has 0 bridgehead atoms. The number of rotatable bonds is 5. The summed E-state index contributed by atoms with van der Waals surface area (Å²) >= 11 is 12.0. The van der Waals surface area contributed by atoms with Crippen LogP contribution in [-0.2, 0) is 12.8 Å². The summed E-state index contributed by atoms with van der Waals surface area (Å²) in [7, 11) is 0. The molecule has 3 N–H and O–H groups in total.